The molecule has 0 aliphatic heterocycles. The van der Waals surface area contributed by atoms with E-state index in [1.807, 2.05) is 0 Å². The first-order chi connectivity index (χ1) is 9.38. The van der Waals surface area contributed by atoms with Crippen LogP contribution in [0.2, 0.25) is 0 Å². The van der Waals surface area contributed by atoms with E-state index >= 15 is 0 Å². The Hall–Kier alpha value is 0.284. The first-order valence-corrected chi connectivity index (χ1v) is 29.9. The van der Waals surface area contributed by atoms with Gasteiger partial charge in [0.05, 0.1) is 0 Å². The van der Waals surface area contributed by atoms with Gasteiger partial charge < -0.3 is 0 Å². The van der Waals surface area contributed by atoms with Gasteiger partial charge in [-0.15, -0.1) is 0 Å². The van der Waals surface area contributed by atoms with E-state index in [4.69, 9.17) is 0 Å². The number of hydrogen-bond donors (Lipinski definition) is 0. The molecule has 2 aromatic rings. The van der Waals surface area contributed by atoms with Gasteiger partial charge in [-0.05, 0) is 0 Å². The molecule has 0 aliphatic carbocycles. The van der Waals surface area contributed by atoms with Gasteiger partial charge in [-0.3, -0.25) is 0 Å². The SMILES string of the molecule is Cc1cc(C)[c]([Pb]=[Pb][c]2c(C)cc(C)cc2C)c(C)c1. The molecule has 0 nitrogen and oxygen atoms in total. The van der Waals surface area contributed by atoms with Crippen LogP contribution < -0.4 is 6.25 Å². The summed E-state index contributed by atoms with van der Waals surface area (Å²) in [5, 5.41) is 0. The van der Waals surface area contributed by atoms with Gasteiger partial charge in [0, 0.05) is 0 Å². The summed E-state index contributed by atoms with van der Waals surface area (Å²) in [6, 6.07) is 9.53. The summed E-state index contributed by atoms with van der Waals surface area (Å²) in [5.41, 5.74) is 9.12. The Balaban J connectivity index is 2.45. The molecule has 0 atom stereocenters. The van der Waals surface area contributed by atoms with Crippen LogP contribution in [0.5, 0.6) is 0 Å². The van der Waals surface area contributed by atoms with Crippen LogP contribution >= 0.6 is 0 Å². The molecule has 20 heavy (non-hydrogen) atoms. The molecule has 0 heterocycles. The zero-order chi connectivity index (χ0) is 14.9. The monoisotopic (exact) mass is 654 g/mol. The van der Waals surface area contributed by atoms with Crippen molar-refractivity contribution in [1.82, 2.24) is 0 Å². The van der Waals surface area contributed by atoms with Crippen molar-refractivity contribution in [1.29, 1.82) is 0 Å². The average molecular weight is 653 g/mol. The van der Waals surface area contributed by atoms with Crippen molar-refractivity contribution in [2.45, 2.75) is 41.5 Å². The maximum absolute atomic E-state index is 2.38. The molecular weight excluding hydrogens is 631 g/mol. The second-order valence-corrected chi connectivity index (χ2v) is 28.7. The van der Waals surface area contributed by atoms with E-state index < -0.39 is 36.7 Å². The topological polar surface area (TPSA) is 0 Å². The second kappa shape index (κ2) is 7.03. The predicted molar refractivity (Wildman–Crippen MR) is 92.1 cm³/mol. The van der Waals surface area contributed by atoms with E-state index in [0.29, 0.717) is 0 Å². The zero-order valence-corrected chi connectivity index (χ0v) is 21.1. The molecule has 0 bridgehead atoms. The molecule has 0 unspecified atom stereocenters. The summed E-state index contributed by atoms with van der Waals surface area (Å²) in [6.45, 7) is 13.7. The molecular formula is C18H22Pb2. The first kappa shape index (κ1) is 16.7. The Morgan fingerprint density at radius 3 is 1.00 bits per heavy atom. The quantitative estimate of drug-likeness (QED) is 0.439. The second-order valence-electron chi connectivity index (χ2n) is 5.80. The first-order valence-electron chi connectivity index (χ1n) is 7.06. The molecule has 102 valence electrons. The summed E-state index contributed by atoms with van der Waals surface area (Å²) >= 11 is -1.19. The van der Waals surface area contributed by atoms with E-state index in [1.165, 1.54) is 11.1 Å². The zero-order valence-electron chi connectivity index (χ0n) is 13.3. The molecule has 0 fully saturated rings. The van der Waals surface area contributed by atoms with Crippen LogP contribution in [0.15, 0.2) is 24.3 Å². The van der Waals surface area contributed by atoms with Gasteiger partial charge in [-0.2, -0.15) is 0 Å². The van der Waals surface area contributed by atoms with Crippen molar-refractivity contribution in [3.8, 4) is 0 Å². The molecule has 2 heteroatoms. The summed E-state index contributed by atoms with van der Waals surface area (Å²) in [6.07, 6.45) is 0. The van der Waals surface area contributed by atoms with E-state index in [-0.39, 0.29) is 0 Å². The number of benzene rings is 2. The fourth-order valence-electron chi connectivity index (χ4n) is 2.88. The van der Waals surface area contributed by atoms with Crippen molar-refractivity contribution < 1.29 is 0 Å². The van der Waals surface area contributed by atoms with E-state index in [2.05, 4.69) is 65.8 Å². The van der Waals surface area contributed by atoms with Crippen molar-refractivity contribution >= 4 is 42.9 Å². The molecule has 0 spiro atoms. The molecule has 0 aliphatic rings. The fraction of sp³-hybridized carbons (Fsp3) is 0.333. The maximum atomic E-state index is 2.38. The van der Waals surface area contributed by atoms with Gasteiger partial charge in [-0.1, -0.05) is 0 Å². The number of hydrogen-bond acceptors (Lipinski definition) is 0. The number of aryl methyl sites for hydroxylation is 6. The normalized spacial score (nSPS) is 11.3. The van der Waals surface area contributed by atoms with Gasteiger partial charge in [0.1, 0.15) is 0 Å². The average Bonchev–Trinajstić information content (AvgIpc) is 2.30. The van der Waals surface area contributed by atoms with Crippen molar-refractivity contribution in [2.75, 3.05) is 0 Å². The molecule has 0 aromatic heterocycles. The summed E-state index contributed by atoms with van der Waals surface area (Å²) in [7, 11) is 0. The summed E-state index contributed by atoms with van der Waals surface area (Å²) in [4.78, 5) is 0. The molecule has 0 amide bonds. The van der Waals surface area contributed by atoms with Gasteiger partial charge in [0.25, 0.3) is 0 Å². The summed E-state index contributed by atoms with van der Waals surface area (Å²) in [5.74, 6) is 0. The Morgan fingerprint density at radius 1 is 0.500 bits per heavy atom. The van der Waals surface area contributed by atoms with Crippen LogP contribution in [0.1, 0.15) is 33.4 Å². The van der Waals surface area contributed by atoms with Crippen LogP contribution in [0.25, 0.3) is 0 Å². The third-order valence-electron chi connectivity index (χ3n) is 3.67. The molecule has 2 radical (unpaired) electrons. The molecule has 0 saturated carbocycles. The Bertz CT molecular complexity index is 576. The van der Waals surface area contributed by atoms with Crippen LogP contribution in [-0.4, -0.2) is 36.7 Å². The van der Waals surface area contributed by atoms with Gasteiger partial charge in [0.2, 0.25) is 0 Å². The van der Waals surface area contributed by atoms with Crippen LogP contribution in [0.3, 0.4) is 0 Å². The molecule has 0 saturated heterocycles. The van der Waals surface area contributed by atoms with Crippen LogP contribution in [-0.2, 0) is 0 Å². The van der Waals surface area contributed by atoms with Gasteiger partial charge in [0.15, 0.2) is 0 Å². The fourth-order valence-corrected chi connectivity index (χ4v) is 43.5. The number of rotatable bonds is 2. The standard InChI is InChI=1S/2C9H11.2Pb/c2*1-7-4-8(2)6-9(3)5-7;;/h2*4-5H,1-3H3;;. The van der Waals surface area contributed by atoms with Crippen LogP contribution in [0.4, 0.5) is 0 Å². The van der Waals surface area contributed by atoms with E-state index in [9.17, 15) is 0 Å². The van der Waals surface area contributed by atoms with Gasteiger partial charge in [-0.25, -0.2) is 0 Å². The van der Waals surface area contributed by atoms with E-state index in [1.54, 1.807) is 28.5 Å². The summed E-state index contributed by atoms with van der Waals surface area (Å²) < 4.78 is 3.61. The molecule has 2 rings (SSSR count). The molecule has 2 aromatic carbocycles. The van der Waals surface area contributed by atoms with Crippen molar-refractivity contribution in [3.05, 3.63) is 57.6 Å². The Morgan fingerprint density at radius 2 is 0.750 bits per heavy atom. The van der Waals surface area contributed by atoms with Crippen molar-refractivity contribution in [2.24, 2.45) is 0 Å². The Kier molecular flexibility index (Phi) is 5.85. The Labute approximate surface area is 140 Å². The van der Waals surface area contributed by atoms with Gasteiger partial charge >= 0.3 is 142 Å². The minimum atomic E-state index is -0.596. The van der Waals surface area contributed by atoms with Crippen molar-refractivity contribution in [3.63, 3.8) is 0 Å². The third kappa shape index (κ3) is 3.93. The predicted octanol–water partition coefficient (Wildman–Crippen LogP) is 2.81. The van der Waals surface area contributed by atoms with Crippen LogP contribution in [0, 0.1) is 41.5 Å². The molecule has 0 N–H and O–H groups in total. The third-order valence-corrected chi connectivity index (χ3v) is 33.5. The minimum absolute atomic E-state index is 0.596. The van der Waals surface area contributed by atoms with E-state index in [0.717, 1.165) is 0 Å².